The van der Waals surface area contributed by atoms with Crippen LogP contribution in [0, 0.1) is 5.82 Å². The zero-order chi connectivity index (χ0) is 21.3. The number of aliphatic hydroxyl groups excluding tert-OH is 4. The van der Waals surface area contributed by atoms with Crippen molar-refractivity contribution in [3.8, 4) is 11.6 Å². The van der Waals surface area contributed by atoms with Crippen molar-refractivity contribution in [1.82, 2.24) is 9.55 Å². The van der Waals surface area contributed by atoms with Crippen molar-refractivity contribution in [1.29, 1.82) is 0 Å². The van der Waals surface area contributed by atoms with Gasteiger partial charge in [0.05, 0.1) is 12.3 Å². The number of aromatic hydroxyl groups is 1. The van der Waals surface area contributed by atoms with Crippen LogP contribution in [-0.4, -0.2) is 78.5 Å². The van der Waals surface area contributed by atoms with E-state index in [9.17, 15) is 34.4 Å². The molecule has 2 aromatic rings. The molecule has 1 aromatic carbocycles. The van der Waals surface area contributed by atoms with E-state index in [1.807, 2.05) is 4.98 Å². The standard InChI is InChI=1S/C17H18FN3O8/c18-7-1-3-8(4-2-7)21-15(26)9(14(25)20-17(21)28)5-19-11-13(24)12(23)10(6-22)29-16(11)27/h1-5,10-13,16,22-24,26-27H,6H2,(H,20,25,28)/t10-,11+,12+,13-,16-/m1/s1. The first-order valence-corrected chi connectivity index (χ1v) is 8.42. The van der Waals surface area contributed by atoms with E-state index in [1.165, 1.54) is 12.1 Å². The smallest absolute Gasteiger partial charge is 0.335 e. The van der Waals surface area contributed by atoms with Gasteiger partial charge < -0.3 is 30.3 Å². The summed E-state index contributed by atoms with van der Waals surface area (Å²) < 4.78 is 18.8. The third-order valence-corrected chi connectivity index (χ3v) is 4.45. The predicted octanol–water partition coefficient (Wildman–Crippen LogP) is -2.41. The highest BCUT2D eigenvalue weighted by Gasteiger charge is 2.43. The summed E-state index contributed by atoms with van der Waals surface area (Å²) >= 11 is 0. The lowest BCUT2D eigenvalue weighted by Crippen LogP contribution is -2.57. The normalized spacial score (nSPS) is 27.4. The molecule has 0 radical (unpaired) electrons. The fourth-order valence-corrected chi connectivity index (χ4v) is 2.89. The van der Waals surface area contributed by atoms with E-state index in [2.05, 4.69) is 4.99 Å². The van der Waals surface area contributed by atoms with Gasteiger partial charge in [-0.2, -0.15) is 0 Å². The zero-order valence-corrected chi connectivity index (χ0v) is 14.7. The Morgan fingerprint density at radius 1 is 1.17 bits per heavy atom. The van der Waals surface area contributed by atoms with Gasteiger partial charge in [0.1, 0.15) is 35.7 Å². The maximum Gasteiger partial charge on any atom is 0.335 e. The molecule has 11 nitrogen and oxygen atoms in total. The van der Waals surface area contributed by atoms with Crippen LogP contribution in [0.25, 0.3) is 5.69 Å². The topological polar surface area (TPSA) is 178 Å². The number of nitrogens with zero attached hydrogens (tertiary/aromatic N) is 2. The second-order valence-electron chi connectivity index (χ2n) is 6.31. The quantitative estimate of drug-likeness (QED) is 0.301. The number of aromatic nitrogens is 2. The summed E-state index contributed by atoms with van der Waals surface area (Å²) in [5, 5.41) is 49.3. The molecule has 0 aliphatic carbocycles. The van der Waals surface area contributed by atoms with Crippen LogP contribution in [0.1, 0.15) is 5.56 Å². The lowest BCUT2D eigenvalue weighted by atomic mass is 9.97. The Labute approximate surface area is 161 Å². The van der Waals surface area contributed by atoms with Gasteiger partial charge in [0.15, 0.2) is 6.29 Å². The van der Waals surface area contributed by atoms with Gasteiger partial charge in [-0.15, -0.1) is 0 Å². The van der Waals surface area contributed by atoms with Crippen molar-refractivity contribution < 1.29 is 34.7 Å². The summed E-state index contributed by atoms with van der Waals surface area (Å²) in [5.74, 6) is -1.39. The van der Waals surface area contributed by atoms with Crippen LogP contribution >= 0.6 is 0 Å². The molecule has 1 fully saturated rings. The van der Waals surface area contributed by atoms with Crippen molar-refractivity contribution in [3.05, 3.63) is 56.5 Å². The molecule has 2 heterocycles. The van der Waals surface area contributed by atoms with E-state index in [0.717, 1.165) is 18.3 Å². The van der Waals surface area contributed by atoms with Crippen LogP contribution in [-0.2, 0) is 4.74 Å². The van der Waals surface area contributed by atoms with Gasteiger partial charge in [0.25, 0.3) is 5.56 Å². The number of hydrogen-bond acceptors (Lipinski definition) is 9. The summed E-state index contributed by atoms with van der Waals surface area (Å²) in [7, 11) is 0. The van der Waals surface area contributed by atoms with E-state index >= 15 is 0 Å². The molecule has 6 N–H and O–H groups in total. The van der Waals surface area contributed by atoms with Crippen LogP contribution in [0.2, 0.25) is 0 Å². The number of ether oxygens (including phenoxy) is 1. The predicted molar refractivity (Wildman–Crippen MR) is 95.6 cm³/mol. The van der Waals surface area contributed by atoms with E-state index in [1.54, 1.807) is 0 Å². The van der Waals surface area contributed by atoms with Crippen LogP contribution in [0.5, 0.6) is 5.88 Å². The van der Waals surface area contributed by atoms with E-state index in [0.29, 0.717) is 4.57 Å². The van der Waals surface area contributed by atoms with Crippen molar-refractivity contribution in [2.24, 2.45) is 4.99 Å². The molecule has 1 aliphatic heterocycles. The molecule has 156 valence electrons. The fourth-order valence-electron chi connectivity index (χ4n) is 2.89. The molecule has 0 amide bonds. The molecule has 29 heavy (non-hydrogen) atoms. The number of rotatable bonds is 4. The summed E-state index contributed by atoms with van der Waals surface area (Å²) in [6, 6.07) is 3.04. The fraction of sp³-hybridized carbons (Fsp3) is 0.353. The third kappa shape index (κ3) is 3.97. The monoisotopic (exact) mass is 411 g/mol. The van der Waals surface area contributed by atoms with E-state index < -0.39 is 65.8 Å². The number of hydrogen-bond donors (Lipinski definition) is 6. The number of aromatic amines is 1. The highest BCUT2D eigenvalue weighted by Crippen LogP contribution is 2.22. The first-order valence-electron chi connectivity index (χ1n) is 8.42. The third-order valence-electron chi connectivity index (χ3n) is 4.45. The summed E-state index contributed by atoms with van der Waals surface area (Å²) in [5.41, 5.74) is -2.43. The summed E-state index contributed by atoms with van der Waals surface area (Å²) in [6.45, 7) is -0.658. The van der Waals surface area contributed by atoms with Gasteiger partial charge in [0.2, 0.25) is 5.88 Å². The Morgan fingerprint density at radius 2 is 1.83 bits per heavy atom. The average Bonchev–Trinajstić information content (AvgIpc) is 2.68. The van der Waals surface area contributed by atoms with Gasteiger partial charge in [-0.25, -0.2) is 13.8 Å². The molecule has 12 heteroatoms. The van der Waals surface area contributed by atoms with Gasteiger partial charge >= 0.3 is 5.69 Å². The van der Waals surface area contributed by atoms with Gasteiger partial charge in [0, 0.05) is 6.21 Å². The van der Waals surface area contributed by atoms with Crippen molar-refractivity contribution in [2.75, 3.05) is 6.61 Å². The van der Waals surface area contributed by atoms with Crippen LogP contribution in [0.15, 0.2) is 38.8 Å². The number of aliphatic imine (C=N–C) groups is 1. The Bertz CT molecular complexity index is 1020. The van der Waals surface area contributed by atoms with Gasteiger partial charge in [-0.1, -0.05) is 0 Å². The van der Waals surface area contributed by atoms with Crippen molar-refractivity contribution >= 4 is 6.21 Å². The minimum atomic E-state index is -1.72. The number of H-pyrrole nitrogens is 1. The molecule has 1 saturated heterocycles. The van der Waals surface area contributed by atoms with E-state index in [4.69, 9.17) is 9.84 Å². The maximum absolute atomic E-state index is 13.1. The Balaban J connectivity index is 1.99. The second-order valence-corrected chi connectivity index (χ2v) is 6.31. The lowest BCUT2D eigenvalue weighted by molar-refractivity contribution is -0.248. The van der Waals surface area contributed by atoms with E-state index in [-0.39, 0.29) is 5.69 Å². The largest absolute Gasteiger partial charge is 0.493 e. The molecule has 3 rings (SSSR count). The summed E-state index contributed by atoms with van der Waals surface area (Å²) in [4.78, 5) is 29.9. The maximum atomic E-state index is 13.1. The second kappa shape index (κ2) is 8.23. The minimum Gasteiger partial charge on any atom is -0.493 e. The summed E-state index contributed by atoms with van der Waals surface area (Å²) in [6.07, 6.45) is -5.36. The molecule has 0 unspecified atom stereocenters. The first kappa shape index (κ1) is 20.8. The van der Waals surface area contributed by atoms with Crippen LogP contribution in [0.4, 0.5) is 4.39 Å². The van der Waals surface area contributed by atoms with Crippen LogP contribution < -0.4 is 11.2 Å². The number of aliphatic hydroxyl groups is 4. The SMILES string of the molecule is O=c1[nH]c(=O)n(-c2ccc(F)cc2)c(O)c1C=N[C@H]1[C@@H](O)[C@@H](O)[C@@H](CO)O[C@H]1O. The molecule has 5 atom stereocenters. The Hall–Kier alpha value is -2.90. The average molecular weight is 411 g/mol. The Kier molecular flexibility index (Phi) is 5.91. The van der Waals surface area contributed by atoms with Crippen molar-refractivity contribution in [2.45, 2.75) is 30.6 Å². The number of nitrogens with one attached hydrogen (secondary N) is 1. The molecular formula is C17H18FN3O8. The van der Waals surface area contributed by atoms with Gasteiger partial charge in [-0.05, 0) is 24.3 Å². The molecule has 0 bridgehead atoms. The highest BCUT2D eigenvalue weighted by molar-refractivity contribution is 5.82. The molecule has 0 spiro atoms. The molecular weight excluding hydrogens is 393 g/mol. The molecule has 1 aliphatic rings. The minimum absolute atomic E-state index is 0.0575. The first-order chi connectivity index (χ1) is 13.7. The molecule has 0 saturated carbocycles. The molecule has 1 aromatic heterocycles. The Morgan fingerprint density at radius 3 is 2.45 bits per heavy atom. The van der Waals surface area contributed by atoms with Gasteiger partial charge in [-0.3, -0.25) is 14.8 Å². The van der Waals surface area contributed by atoms with Crippen LogP contribution in [0.3, 0.4) is 0 Å². The lowest BCUT2D eigenvalue weighted by Gasteiger charge is -2.38. The number of benzene rings is 1. The zero-order valence-electron chi connectivity index (χ0n) is 14.7. The number of halogens is 1. The van der Waals surface area contributed by atoms with Crippen molar-refractivity contribution in [3.63, 3.8) is 0 Å². The highest BCUT2D eigenvalue weighted by atomic mass is 19.1.